The molecule has 5 nitrogen and oxygen atoms in total. The lowest BCUT2D eigenvalue weighted by atomic mass is 10.0. The van der Waals surface area contributed by atoms with E-state index in [4.69, 9.17) is 22.2 Å². The van der Waals surface area contributed by atoms with E-state index in [1.807, 2.05) is 18.2 Å². The second kappa shape index (κ2) is 6.47. The Hall–Kier alpha value is -0.960. The van der Waals surface area contributed by atoms with Gasteiger partial charge in [0.15, 0.2) is 0 Å². The van der Waals surface area contributed by atoms with E-state index in [0.717, 1.165) is 9.13 Å². The van der Waals surface area contributed by atoms with Gasteiger partial charge in [-0.3, -0.25) is 10.8 Å². The lowest BCUT2D eigenvalue weighted by Crippen LogP contribution is -2.30. The maximum absolute atomic E-state index is 6.04. The van der Waals surface area contributed by atoms with Gasteiger partial charge in [0, 0.05) is 21.0 Å². The molecule has 0 saturated carbocycles. The van der Waals surface area contributed by atoms with Gasteiger partial charge in [-0.2, -0.15) is 0 Å². The summed E-state index contributed by atoms with van der Waals surface area (Å²) in [5.41, 5.74) is 4.28. The number of nitrogens with two attached hydrogens (primary N) is 1. The van der Waals surface area contributed by atoms with Crippen molar-refractivity contribution in [2.24, 2.45) is 5.84 Å². The van der Waals surface area contributed by atoms with E-state index >= 15 is 0 Å². The Labute approximate surface area is 129 Å². The summed E-state index contributed by atoms with van der Waals surface area (Å²) in [6, 6.07) is 5.26. The van der Waals surface area contributed by atoms with Crippen molar-refractivity contribution in [2.45, 2.75) is 6.04 Å². The Morgan fingerprint density at radius 2 is 2.11 bits per heavy atom. The van der Waals surface area contributed by atoms with E-state index in [1.54, 1.807) is 19.5 Å². The predicted octanol–water partition coefficient (Wildman–Crippen LogP) is 2.30. The molecule has 1 unspecified atom stereocenters. The second-order valence-electron chi connectivity index (χ2n) is 3.72. The SMILES string of the molecule is COc1nccnc1C(NN)c1cc(Cl)ccc1I. The first-order valence-electron chi connectivity index (χ1n) is 5.43. The molecule has 2 aromatic rings. The Bertz CT molecular complexity index is 581. The number of ether oxygens (including phenoxy) is 1. The van der Waals surface area contributed by atoms with Crippen molar-refractivity contribution in [2.75, 3.05) is 7.11 Å². The highest BCUT2D eigenvalue weighted by Gasteiger charge is 2.21. The zero-order valence-electron chi connectivity index (χ0n) is 10.1. The van der Waals surface area contributed by atoms with Gasteiger partial charge in [-0.1, -0.05) is 11.6 Å². The molecule has 0 spiro atoms. The van der Waals surface area contributed by atoms with Crippen LogP contribution in [0, 0.1) is 3.57 Å². The van der Waals surface area contributed by atoms with Crippen molar-refractivity contribution in [1.82, 2.24) is 15.4 Å². The number of nitrogens with one attached hydrogen (secondary N) is 1. The van der Waals surface area contributed by atoms with Crippen LogP contribution >= 0.6 is 34.2 Å². The lowest BCUT2D eigenvalue weighted by molar-refractivity contribution is 0.383. The van der Waals surface area contributed by atoms with E-state index < -0.39 is 0 Å². The molecule has 3 N–H and O–H groups in total. The molecule has 7 heteroatoms. The van der Waals surface area contributed by atoms with Crippen LogP contribution in [0.2, 0.25) is 5.02 Å². The summed E-state index contributed by atoms with van der Waals surface area (Å²) in [5, 5.41) is 0.638. The Morgan fingerprint density at radius 1 is 1.37 bits per heavy atom. The molecule has 0 aliphatic rings. The standard InChI is InChI=1S/C12H12ClIN4O/c1-19-12-11(16-4-5-17-12)10(18-15)8-6-7(13)2-3-9(8)14/h2-6,10,18H,15H2,1H3. The van der Waals surface area contributed by atoms with Gasteiger partial charge in [0.05, 0.1) is 13.2 Å². The smallest absolute Gasteiger partial charge is 0.237 e. The summed E-state index contributed by atoms with van der Waals surface area (Å²) in [4.78, 5) is 8.42. The van der Waals surface area contributed by atoms with Crippen LogP contribution in [0.5, 0.6) is 5.88 Å². The number of rotatable bonds is 4. The molecule has 0 aliphatic carbocycles. The van der Waals surface area contributed by atoms with Crippen molar-refractivity contribution >= 4 is 34.2 Å². The van der Waals surface area contributed by atoms with Gasteiger partial charge in [0.2, 0.25) is 5.88 Å². The van der Waals surface area contributed by atoms with E-state index in [1.165, 1.54) is 0 Å². The molecule has 1 aromatic carbocycles. The van der Waals surface area contributed by atoms with Gasteiger partial charge < -0.3 is 4.74 Å². The molecule has 0 saturated heterocycles. The zero-order valence-corrected chi connectivity index (χ0v) is 13.0. The fraction of sp³-hybridized carbons (Fsp3) is 0.167. The summed E-state index contributed by atoms with van der Waals surface area (Å²) >= 11 is 8.26. The van der Waals surface area contributed by atoms with Crippen molar-refractivity contribution < 1.29 is 4.74 Å². The van der Waals surface area contributed by atoms with E-state index in [2.05, 4.69) is 38.0 Å². The number of aromatic nitrogens is 2. The molecular formula is C12H12ClIN4O. The van der Waals surface area contributed by atoms with Crippen LogP contribution in [-0.4, -0.2) is 17.1 Å². The first kappa shape index (κ1) is 14.4. The first-order chi connectivity index (χ1) is 9.17. The monoisotopic (exact) mass is 390 g/mol. The lowest BCUT2D eigenvalue weighted by Gasteiger charge is -2.19. The second-order valence-corrected chi connectivity index (χ2v) is 5.31. The number of benzene rings is 1. The van der Waals surface area contributed by atoms with Crippen molar-refractivity contribution in [3.63, 3.8) is 0 Å². The van der Waals surface area contributed by atoms with Gasteiger partial charge in [-0.25, -0.2) is 10.4 Å². The normalized spacial score (nSPS) is 12.2. The molecular weight excluding hydrogens is 379 g/mol. The molecule has 100 valence electrons. The highest BCUT2D eigenvalue weighted by Crippen LogP contribution is 2.30. The molecule has 0 aliphatic heterocycles. The van der Waals surface area contributed by atoms with Crippen molar-refractivity contribution in [3.05, 3.63) is 50.4 Å². The van der Waals surface area contributed by atoms with Gasteiger partial charge in [0.1, 0.15) is 5.69 Å². The number of halogens is 2. The third-order valence-corrected chi connectivity index (χ3v) is 3.81. The number of nitrogens with zero attached hydrogens (tertiary/aromatic N) is 2. The van der Waals surface area contributed by atoms with Gasteiger partial charge in [-0.05, 0) is 46.4 Å². The largest absolute Gasteiger partial charge is 0.480 e. The van der Waals surface area contributed by atoms with Gasteiger partial charge in [0.25, 0.3) is 0 Å². The average Bonchev–Trinajstić information content (AvgIpc) is 2.44. The fourth-order valence-electron chi connectivity index (χ4n) is 1.74. The highest BCUT2D eigenvalue weighted by molar-refractivity contribution is 14.1. The Kier molecular flexibility index (Phi) is 4.92. The topological polar surface area (TPSA) is 73.1 Å². The maximum atomic E-state index is 6.04. The minimum absolute atomic E-state index is 0.339. The minimum Gasteiger partial charge on any atom is -0.480 e. The number of hydrogen-bond acceptors (Lipinski definition) is 5. The minimum atomic E-state index is -0.339. The molecule has 1 atom stereocenters. The predicted molar refractivity (Wildman–Crippen MR) is 81.9 cm³/mol. The van der Waals surface area contributed by atoms with Crippen LogP contribution in [0.4, 0.5) is 0 Å². The van der Waals surface area contributed by atoms with Gasteiger partial charge >= 0.3 is 0 Å². The van der Waals surface area contributed by atoms with Crippen LogP contribution in [-0.2, 0) is 0 Å². The molecule has 0 radical (unpaired) electrons. The van der Waals surface area contributed by atoms with E-state index in [9.17, 15) is 0 Å². The summed E-state index contributed by atoms with van der Waals surface area (Å²) in [6.45, 7) is 0. The Balaban J connectivity index is 2.53. The maximum Gasteiger partial charge on any atom is 0.237 e. The summed E-state index contributed by atoms with van der Waals surface area (Å²) < 4.78 is 6.24. The van der Waals surface area contributed by atoms with E-state index in [0.29, 0.717) is 16.6 Å². The fourth-order valence-corrected chi connectivity index (χ4v) is 2.57. The molecule has 1 heterocycles. The third-order valence-electron chi connectivity index (χ3n) is 2.59. The van der Waals surface area contributed by atoms with Crippen LogP contribution in [0.15, 0.2) is 30.6 Å². The molecule has 19 heavy (non-hydrogen) atoms. The molecule has 0 fully saturated rings. The van der Waals surface area contributed by atoms with Crippen molar-refractivity contribution in [1.29, 1.82) is 0 Å². The molecule has 0 bridgehead atoms. The number of hydrogen-bond donors (Lipinski definition) is 2. The summed E-state index contributed by atoms with van der Waals surface area (Å²) in [7, 11) is 1.55. The average molecular weight is 391 g/mol. The molecule has 1 aromatic heterocycles. The highest BCUT2D eigenvalue weighted by atomic mass is 127. The first-order valence-corrected chi connectivity index (χ1v) is 6.89. The van der Waals surface area contributed by atoms with Crippen LogP contribution in [0.1, 0.15) is 17.3 Å². The van der Waals surface area contributed by atoms with Crippen LogP contribution in [0.25, 0.3) is 0 Å². The molecule has 0 amide bonds. The van der Waals surface area contributed by atoms with E-state index in [-0.39, 0.29) is 6.04 Å². The van der Waals surface area contributed by atoms with Gasteiger partial charge in [-0.15, -0.1) is 0 Å². The Morgan fingerprint density at radius 3 is 2.79 bits per heavy atom. The zero-order chi connectivity index (χ0) is 13.8. The third kappa shape index (κ3) is 3.14. The molecule has 2 rings (SSSR count). The quantitative estimate of drug-likeness (QED) is 0.476. The van der Waals surface area contributed by atoms with Crippen LogP contribution in [0.3, 0.4) is 0 Å². The van der Waals surface area contributed by atoms with Crippen molar-refractivity contribution in [3.8, 4) is 5.88 Å². The summed E-state index contributed by atoms with van der Waals surface area (Å²) in [6.07, 6.45) is 3.17. The number of hydrazine groups is 1. The number of methoxy groups -OCH3 is 1. The van der Waals surface area contributed by atoms with Crippen LogP contribution < -0.4 is 16.0 Å². The summed E-state index contributed by atoms with van der Waals surface area (Å²) in [5.74, 6) is 6.09.